The summed E-state index contributed by atoms with van der Waals surface area (Å²) in [5.41, 5.74) is 3.78. The van der Waals surface area contributed by atoms with E-state index in [1.807, 2.05) is 44.0 Å². The molecular weight excluding hydrogens is 356 g/mol. The van der Waals surface area contributed by atoms with E-state index in [9.17, 15) is 0 Å². The molecule has 0 radical (unpaired) electrons. The van der Waals surface area contributed by atoms with Crippen LogP contribution in [0.25, 0.3) is 22.2 Å². The third-order valence-corrected chi connectivity index (χ3v) is 6.17. The van der Waals surface area contributed by atoms with Gasteiger partial charge in [-0.15, -0.1) is 11.3 Å². The lowest BCUT2D eigenvalue weighted by Gasteiger charge is -2.05. The van der Waals surface area contributed by atoms with Crippen LogP contribution in [0.1, 0.15) is 36.5 Å². The number of thiazole rings is 1. The van der Waals surface area contributed by atoms with E-state index >= 15 is 0 Å². The van der Waals surface area contributed by atoms with Gasteiger partial charge in [-0.25, -0.2) is 9.97 Å². The molecule has 27 heavy (non-hydrogen) atoms. The third kappa shape index (κ3) is 3.30. The summed E-state index contributed by atoms with van der Waals surface area (Å²) in [5.74, 6) is 1.48. The van der Waals surface area contributed by atoms with Crippen LogP contribution in [0.15, 0.2) is 43.0 Å². The molecule has 0 unspecified atom stereocenters. The second kappa shape index (κ2) is 6.74. The Kier molecular flexibility index (Phi) is 4.09. The van der Waals surface area contributed by atoms with Crippen molar-refractivity contribution >= 4 is 33.3 Å². The smallest absolute Gasteiger partial charge is 0.188 e. The Hall–Kier alpha value is -2.80. The topological polar surface area (TPSA) is 68.5 Å². The van der Waals surface area contributed by atoms with Gasteiger partial charge in [-0.3, -0.25) is 9.67 Å². The van der Waals surface area contributed by atoms with E-state index in [0.717, 1.165) is 33.1 Å². The zero-order valence-electron chi connectivity index (χ0n) is 15.1. The highest BCUT2D eigenvalue weighted by atomic mass is 32.1. The van der Waals surface area contributed by atoms with Gasteiger partial charge in [-0.05, 0) is 37.0 Å². The number of aromatic nitrogens is 5. The number of nitrogens with zero attached hydrogens (tertiary/aromatic N) is 5. The molecule has 0 spiro atoms. The minimum atomic E-state index is 0.689. The Balaban J connectivity index is 1.41. The minimum Gasteiger partial charge on any atom is -0.316 e. The van der Waals surface area contributed by atoms with Crippen molar-refractivity contribution in [1.29, 1.82) is 0 Å². The first-order valence-corrected chi connectivity index (χ1v) is 10.0. The highest BCUT2D eigenvalue weighted by Crippen LogP contribution is 2.38. The van der Waals surface area contributed by atoms with Gasteiger partial charge in [-0.1, -0.05) is 12.8 Å². The second-order valence-corrected chi connectivity index (χ2v) is 8.10. The molecule has 5 rings (SSSR count). The second-order valence-electron chi connectivity index (χ2n) is 7.04. The van der Waals surface area contributed by atoms with Gasteiger partial charge < -0.3 is 5.32 Å². The van der Waals surface area contributed by atoms with Gasteiger partial charge in [-0.2, -0.15) is 5.10 Å². The van der Waals surface area contributed by atoms with Gasteiger partial charge in [0.1, 0.15) is 5.82 Å². The zero-order chi connectivity index (χ0) is 18.2. The van der Waals surface area contributed by atoms with Crippen LogP contribution in [0.2, 0.25) is 0 Å². The molecule has 1 aliphatic rings. The molecule has 0 aromatic carbocycles. The molecule has 0 aliphatic heterocycles. The normalized spacial score (nSPS) is 14.9. The van der Waals surface area contributed by atoms with E-state index < -0.39 is 0 Å². The van der Waals surface area contributed by atoms with Crippen molar-refractivity contribution in [1.82, 2.24) is 24.7 Å². The van der Waals surface area contributed by atoms with Crippen molar-refractivity contribution in [3.05, 3.63) is 47.9 Å². The number of rotatable bonds is 4. The summed E-state index contributed by atoms with van der Waals surface area (Å²) in [4.78, 5) is 15.2. The molecule has 136 valence electrons. The molecule has 0 atom stereocenters. The lowest BCUT2D eigenvalue weighted by molar-refractivity contribution is 0.736. The number of hydrogen-bond acceptors (Lipinski definition) is 6. The molecule has 4 aromatic rings. The fourth-order valence-electron chi connectivity index (χ4n) is 3.66. The van der Waals surface area contributed by atoms with E-state index in [0.29, 0.717) is 5.92 Å². The molecule has 7 heteroatoms. The average molecular weight is 376 g/mol. The standard InChI is InChI=1S/C20H20N6S/c1-26-12-15(10-23-26)14-8-17-16(21-9-14)6-7-19(24-17)25-20-22-11-18(27-20)13-4-2-3-5-13/h6-13H,2-5H2,1H3,(H,22,24,25). The van der Waals surface area contributed by atoms with Crippen molar-refractivity contribution in [2.45, 2.75) is 31.6 Å². The zero-order valence-corrected chi connectivity index (χ0v) is 15.9. The van der Waals surface area contributed by atoms with Crippen LogP contribution in [0.4, 0.5) is 10.9 Å². The molecule has 1 N–H and O–H groups in total. The SMILES string of the molecule is Cn1cc(-c2cnc3ccc(Nc4ncc(C5CCCC5)s4)nc3c2)cn1. The highest BCUT2D eigenvalue weighted by molar-refractivity contribution is 7.15. The lowest BCUT2D eigenvalue weighted by Crippen LogP contribution is -1.94. The van der Waals surface area contributed by atoms with Crippen molar-refractivity contribution in [2.75, 3.05) is 5.32 Å². The average Bonchev–Trinajstić information content (AvgIpc) is 3.42. The predicted molar refractivity (Wildman–Crippen MR) is 108 cm³/mol. The van der Waals surface area contributed by atoms with E-state index in [-0.39, 0.29) is 0 Å². The quantitative estimate of drug-likeness (QED) is 0.549. The van der Waals surface area contributed by atoms with E-state index in [1.165, 1.54) is 30.6 Å². The molecule has 4 heterocycles. The monoisotopic (exact) mass is 376 g/mol. The molecule has 0 amide bonds. The van der Waals surface area contributed by atoms with Crippen LogP contribution in [0.3, 0.4) is 0 Å². The maximum absolute atomic E-state index is 4.74. The Labute approximate surface area is 161 Å². The van der Waals surface area contributed by atoms with Crippen molar-refractivity contribution < 1.29 is 0 Å². The third-order valence-electron chi connectivity index (χ3n) is 5.09. The summed E-state index contributed by atoms with van der Waals surface area (Å²) in [5, 5.41) is 8.49. The molecule has 1 saturated carbocycles. The van der Waals surface area contributed by atoms with Crippen molar-refractivity contribution in [3.63, 3.8) is 0 Å². The molecule has 6 nitrogen and oxygen atoms in total. The van der Waals surface area contributed by atoms with Gasteiger partial charge >= 0.3 is 0 Å². The summed E-state index contributed by atoms with van der Waals surface area (Å²) in [6, 6.07) is 6.00. The fraction of sp³-hybridized carbons (Fsp3) is 0.300. The summed E-state index contributed by atoms with van der Waals surface area (Å²) in [6.45, 7) is 0. The van der Waals surface area contributed by atoms with Crippen LogP contribution >= 0.6 is 11.3 Å². The number of fused-ring (bicyclic) bond motifs is 1. The molecular formula is C20H20N6S. The Morgan fingerprint density at radius 3 is 2.74 bits per heavy atom. The summed E-state index contributed by atoms with van der Waals surface area (Å²) in [6.07, 6.45) is 13.0. The van der Waals surface area contributed by atoms with Gasteiger partial charge in [0.2, 0.25) is 0 Å². The maximum atomic E-state index is 4.74. The number of hydrogen-bond donors (Lipinski definition) is 1. The van der Waals surface area contributed by atoms with Crippen LogP contribution < -0.4 is 5.32 Å². The van der Waals surface area contributed by atoms with Crippen LogP contribution in [-0.2, 0) is 7.05 Å². The van der Waals surface area contributed by atoms with Crippen LogP contribution in [-0.4, -0.2) is 24.7 Å². The number of anilines is 2. The Morgan fingerprint density at radius 2 is 1.93 bits per heavy atom. The van der Waals surface area contributed by atoms with Crippen LogP contribution in [0, 0.1) is 0 Å². The first-order valence-electron chi connectivity index (χ1n) is 9.23. The summed E-state index contributed by atoms with van der Waals surface area (Å²) >= 11 is 1.74. The summed E-state index contributed by atoms with van der Waals surface area (Å²) in [7, 11) is 1.91. The molecule has 0 saturated heterocycles. The van der Waals surface area contributed by atoms with E-state index in [2.05, 4.69) is 26.4 Å². The van der Waals surface area contributed by atoms with Crippen molar-refractivity contribution in [2.24, 2.45) is 7.05 Å². The van der Waals surface area contributed by atoms with E-state index in [1.54, 1.807) is 16.0 Å². The van der Waals surface area contributed by atoms with Gasteiger partial charge in [0.25, 0.3) is 0 Å². The van der Waals surface area contributed by atoms with Crippen LogP contribution in [0.5, 0.6) is 0 Å². The predicted octanol–water partition coefficient (Wildman–Crippen LogP) is 4.89. The molecule has 1 aliphatic carbocycles. The van der Waals surface area contributed by atoms with Gasteiger partial charge in [0.05, 0.1) is 17.2 Å². The number of pyridine rings is 2. The molecule has 0 bridgehead atoms. The molecule has 1 fully saturated rings. The van der Waals surface area contributed by atoms with Gasteiger partial charge in [0.15, 0.2) is 5.13 Å². The van der Waals surface area contributed by atoms with Gasteiger partial charge in [0, 0.05) is 41.6 Å². The molecule has 4 aromatic heterocycles. The maximum Gasteiger partial charge on any atom is 0.188 e. The first kappa shape index (κ1) is 16.4. The minimum absolute atomic E-state index is 0.689. The Morgan fingerprint density at radius 1 is 1.04 bits per heavy atom. The Bertz CT molecular complexity index is 1090. The largest absolute Gasteiger partial charge is 0.316 e. The highest BCUT2D eigenvalue weighted by Gasteiger charge is 2.19. The summed E-state index contributed by atoms with van der Waals surface area (Å²) < 4.78 is 1.79. The number of nitrogens with one attached hydrogen (secondary N) is 1. The van der Waals surface area contributed by atoms with Crippen molar-refractivity contribution in [3.8, 4) is 11.1 Å². The van der Waals surface area contributed by atoms with E-state index in [4.69, 9.17) is 4.98 Å². The number of aryl methyl sites for hydroxylation is 1. The lowest BCUT2D eigenvalue weighted by atomic mass is 10.1. The first-order chi connectivity index (χ1) is 13.2. The fourth-order valence-corrected chi connectivity index (χ4v) is 4.65.